The molecule has 0 unspecified atom stereocenters. The maximum absolute atomic E-state index is 8.82. The molecular weight excluding hydrogens is 237 g/mol. The third-order valence-electron chi connectivity index (χ3n) is 0. The van der Waals surface area contributed by atoms with E-state index in [1.807, 2.05) is 0 Å². The van der Waals surface area contributed by atoms with Crippen molar-refractivity contribution in [2.75, 3.05) is 0 Å². The molecule has 0 saturated carbocycles. The molecule has 0 fully saturated rings. The van der Waals surface area contributed by atoms with Crippen LogP contribution in [-0.4, -0.2) is 27.2 Å². The van der Waals surface area contributed by atoms with Crippen LogP contribution in [0.25, 0.3) is 0 Å². The molecule has 0 atom stereocenters. The normalized spacial score (nSPS) is 7.25. The predicted molar refractivity (Wildman–Crippen MR) is 13.0 cm³/mol. The van der Waals surface area contributed by atoms with Crippen molar-refractivity contribution in [2.24, 2.45) is 0 Å². The van der Waals surface area contributed by atoms with E-state index in [1.54, 1.807) is 0 Å². The van der Waals surface area contributed by atoms with Crippen molar-refractivity contribution in [3.05, 3.63) is 0 Å². The Labute approximate surface area is 81.4 Å². The summed E-state index contributed by atoms with van der Waals surface area (Å²) < 4.78 is 31.9. The Morgan fingerprint density at radius 1 is 1.12 bits per heavy atom. The molecule has 4 nitrogen and oxygen atoms in total. The van der Waals surface area contributed by atoms with E-state index in [9.17, 15) is 0 Å². The van der Waals surface area contributed by atoms with Crippen molar-refractivity contribution in [2.45, 2.75) is 0 Å². The van der Waals surface area contributed by atoms with E-state index in [-0.39, 0.29) is 52.4 Å². The molecule has 0 aromatic carbocycles. The van der Waals surface area contributed by atoms with Gasteiger partial charge in [-0.25, -0.2) is 0 Å². The van der Waals surface area contributed by atoms with Crippen molar-refractivity contribution in [1.82, 2.24) is 0 Å². The summed E-state index contributed by atoms with van der Waals surface area (Å²) in [7, 11) is 0. The summed E-state index contributed by atoms with van der Waals surface area (Å²) in [5, 5.41) is 0. The molecule has 0 aromatic heterocycles. The SMILES string of the molecule is [LiH].[Mn].[Ni].[O]=[Cr](=[O])([OH])[OH]. The van der Waals surface area contributed by atoms with Gasteiger partial charge in [0.05, 0.1) is 0 Å². The van der Waals surface area contributed by atoms with Gasteiger partial charge in [-0.15, -0.1) is 0 Å². The van der Waals surface area contributed by atoms with E-state index in [0.29, 0.717) is 0 Å². The fourth-order valence-corrected chi connectivity index (χ4v) is 0. The van der Waals surface area contributed by atoms with Gasteiger partial charge in [-0.05, 0) is 0 Å². The van der Waals surface area contributed by atoms with Gasteiger partial charge < -0.3 is 0 Å². The van der Waals surface area contributed by atoms with Crippen LogP contribution < -0.4 is 0 Å². The first-order chi connectivity index (χ1) is 2.00. The van der Waals surface area contributed by atoms with Crippen LogP contribution in [0.2, 0.25) is 0 Å². The summed E-state index contributed by atoms with van der Waals surface area (Å²) in [6.07, 6.45) is 0. The number of rotatable bonds is 0. The summed E-state index contributed by atoms with van der Waals surface area (Å²) in [6, 6.07) is 0. The van der Waals surface area contributed by atoms with Crippen LogP contribution in [0.1, 0.15) is 0 Å². The van der Waals surface area contributed by atoms with Gasteiger partial charge in [0.25, 0.3) is 0 Å². The van der Waals surface area contributed by atoms with Gasteiger partial charge in [0, 0.05) is 33.6 Å². The van der Waals surface area contributed by atoms with E-state index in [1.165, 1.54) is 0 Å². The van der Waals surface area contributed by atoms with Crippen molar-refractivity contribution < 1.29 is 63.1 Å². The minimum atomic E-state index is -5.25. The van der Waals surface area contributed by atoms with Gasteiger partial charge in [0.2, 0.25) is 0 Å². The fourth-order valence-electron chi connectivity index (χ4n) is 0. The van der Waals surface area contributed by atoms with Crippen LogP contribution in [0, 0.1) is 0 Å². The summed E-state index contributed by atoms with van der Waals surface area (Å²) >= 11 is -5.25. The average Bonchev–Trinajstić information content (AvgIpc) is 0.722. The third kappa shape index (κ3) is 123. The third-order valence-corrected chi connectivity index (χ3v) is 0. The summed E-state index contributed by atoms with van der Waals surface area (Å²) in [4.78, 5) is 0. The van der Waals surface area contributed by atoms with Crippen LogP contribution in [-0.2, 0) is 54.8 Å². The molecule has 0 aliphatic heterocycles. The first-order valence-corrected chi connectivity index (χ1v) is 2.88. The predicted octanol–water partition coefficient (Wildman–Crippen LogP) is -2.01. The second-order valence-corrected chi connectivity index (χ2v) is 1.85. The molecule has 0 rings (SSSR count). The zero-order chi connectivity index (χ0) is 4.50. The van der Waals surface area contributed by atoms with Gasteiger partial charge in [0.1, 0.15) is 0 Å². The van der Waals surface area contributed by atoms with E-state index in [4.69, 9.17) is 15.9 Å². The van der Waals surface area contributed by atoms with Crippen LogP contribution >= 0.6 is 0 Å². The average molecular weight is 240 g/mol. The van der Waals surface area contributed by atoms with Crippen molar-refractivity contribution in [3.8, 4) is 0 Å². The number of hydrogen-bond donors (Lipinski definition) is 2. The fraction of sp³-hybridized carbons (Fsp3) is 0. The zero-order valence-corrected chi connectivity index (χ0v) is 6.26. The van der Waals surface area contributed by atoms with E-state index >= 15 is 0 Å². The Morgan fingerprint density at radius 3 is 1.12 bits per heavy atom. The molecule has 0 aliphatic rings. The van der Waals surface area contributed by atoms with Gasteiger partial charge in [0.15, 0.2) is 0 Å². The quantitative estimate of drug-likeness (QED) is 0.479. The summed E-state index contributed by atoms with van der Waals surface area (Å²) in [5.74, 6) is 0. The second-order valence-electron chi connectivity index (χ2n) is 0.448. The Bertz CT molecular complexity index is 99.2. The first kappa shape index (κ1) is 22.6. The number of hydrogen-bond acceptors (Lipinski definition) is 2. The topological polar surface area (TPSA) is 74.6 Å². The van der Waals surface area contributed by atoms with Crippen molar-refractivity contribution in [3.63, 3.8) is 0 Å². The van der Waals surface area contributed by atoms with Crippen molar-refractivity contribution >= 4 is 18.9 Å². The van der Waals surface area contributed by atoms with E-state index in [0.717, 1.165) is 0 Å². The molecule has 0 aliphatic carbocycles. The van der Waals surface area contributed by atoms with Gasteiger partial charge >= 0.3 is 48.4 Å². The molecule has 0 amide bonds. The molecular formula is H3CrLiMnNiO4. The molecule has 1 radical (unpaired) electrons. The van der Waals surface area contributed by atoms with Crippen LogP contribution in [0.15, 0.2) is 0 Å². The summed E-state index contributed by atoms with van der Waals surface area (Å²) in [5.41, 5.74) is 0. The van der Waals surface area contributed by atoms with Crippen molar-refractivity contribution in [1.29, 1.82) is 0 Å². The molecule has 2 N–H and O–H groups in total. The standard InChI is InChI=1S/Cr.Li.Mn.Ni.2H2O.2O.H/h;;;;2*1H2;;;/q+2;;;;;;;;/p-2. The Kier molecular flexibility index (Phi) is 24.5. The second kappa shape index (κ2) is 8.66. The van der Waals surface area contributed by atoms with Gasteiger partial charge in [-0.2, -0.15) is 0 Å². The van der Waals surface area contributed by atoms with E-state index in [2.05, 4.69) is 0 Å². The zero-order valence-electron chi connectivity index (χ0n) is 2.81. The maximum atomic E-state index is 8.82. The molecule has 0 saturated heterocycles. The monoisotopic (exact) mass is 239 g/mol. The Hall–Kier alpha value is 1.66. The van der Waals surface area contributed by atoms with E-state index < -0.39 is 13.6 Å². The minimum absolute atomic E-state index is 0. The van der Waals surface area contributed by atoms with Crippen LogP contribution in [0.5, 0.6) is 0 Å². The molecule has 51 valence electrons. The first-order valence-electron chi connectivity index (χ1n) is 0.698. The Balaban J connectivity index is -0.0000000267. The van der Waals surface area contributed by atoms with Crippen LogP contribution in [0.4, 0.5) is 0 Å². The molecule has 0 spiro atoms. The van der Waals surface area contributed by atoms with Crippen LogP contribution in [0.3, 0.4) is 0 Å². The molecule has 0 heterocycles. The Morgan fingerprint density at radius 2 is 1.12 bits per heavy atom. The molecule has 0 aromatic rings. The molecule has 0 bridgehead atoms. The summed E-state index contributed by atoms with van der Waals surface area (Å²) in [6.45, 7) is 0. The van der Waals surface area contributed by atoms with Gasteiger partial charge in [-0.3, -0.25) is 0 Å². The van der Waals surface area contributed by atoms with Gasteiger partial charge in [-0.1, -0.05) is 0 Å². The molecule has 8 heteroatoms. The molecule has 8 heavy (non-hydrogen) atoms.